The number of hydrogen-bond acceptors (Lipinski definition) is 6. The molecule has 1 unspecified atom stereocenters. The first kappa shape index (κ1) is 24.7. The van der Waals surface area contributed by atoms with Crippen LogP contribution in [0.25, 0.3) is 0 Å². The smallest absolute Gasteiger partial charge is 0.312 e. The molecule has 1 aliphatic rings. The summed E-state index contributed by atoms with van der Waals surface area (Å²) in [6, 6.07) is 3.66. The SMILES string of the molecule is CN(C)C(=O)C(=O)N1CC(F)(F)CC1c1nc(C(=O)NCc2ccc(F)cc2)c(O)c(=O)n1C. The number of rotatable bonds is 4. The number of halogens is 3. The van der Waals surface area contributed by atoms with Gasteiger partial charge in [-0.05, 0) is 17.7 Å². The van der Waals surface area contributed by atoms with Crippen LogP contribution < -0.4 is 10.9 Å². The molecule has 3 amide bonds. The molecule has 1 atom stereocenters. The fourth-order valence-corrected chi connectivity index (χ4v) is 3.51. The van der Waals surface area contributed by atoms with Crippen molar-refractivity contribution in [2.24, 2.45) is 7.05 Å². The molecular weight excluding hydrogens is 459 g/mol. The third-order valence-corrected chi connectivity index (χ3v) is 5.30. The highest BCUT2D eigenvalue weighted by Crippen LogP contribution is 2.40. The number of amides is 3. The number of carbonyl (C=O) groups is 3. The first-order valence-corrected chi connectivity index (χ1v) is 10.0. The van der Waals surface area contributed by atoms with E-state index >= 15 is 0 Å². The molecular formula is C21H22F3N5O5. The molecule has 1 saturated heterocycles. The van der Waals surface area contributed by atoms with Gasteiger partial charge in [-0.3, -0.25) is 23.7 Å². The lowest BCUT2D eigenvalue weighted by atomic mass is 10.1. The molecule has 0 aliphatic carbocycles. The molecule has 182 valence electrons. The Hall–Kier alpha value is -3.90. The van der Waals surface area contributed by atoms with E-state index in [1.54, 1.807) is 0 Å². The van der Waals surface area contributed by atoms with Crippen LogP contribution in [0, 0.1) is 5.82 Å². The second-order valence-electron chi connectivity index (χ2n) is 8.05. The Kier molecular flexibility index (Phi) is 6.66. The topological polar surface area (TPSA) is 125 Å². The minimum absolute atomic E-state index is 0.103. The normalized spacial score (nSPS) is 16.9. The minimum Gasteiger partial charge on any atom is -0.501 e. The molecule has 2 heterocycles. The molecule has 34 heavy (non-hydrogen) atoms. The van der Waals surface area contributed by atoms with E-state index in [-0.39, 0.29) is 6.54 Å². The van der Waals surface area contributed by atoms with E-state index in [2.05, 4.69) is 10.3 Å². The third kappa shape index (κ3) is 4.87. The van der Waals surface area contributed by atoms with Gasteiger partial charge < -0.3 is 20.2 Å². The monoisotopic (exact) mass is 481 g/mol. The lowest BCUT2D eigenvalue weighted by molar-refractivity contribution is -0.151. The Morgan fingerprint density at radius 3 is 2.44 bits per heavy atom. The number of likely N-dealkylation sites (N-methyl/N-ethyl adjacent to an activating group) is 1. The maximum Gasteiger partial charge on any atom is 0.312 e. The van der Waals surface area contributed by atoms with Gasteiger partial charge in [-0.2, -0.15) is 0 Å². The molecule has 2 aromatic rings. The molecule has 0 spiro atoms. The van der Waals surface area contributed by atoms with Gasteiger partial charge in [-0.1, -0.05) is 12.1 Å². The Bertz CT molecular complexity index is 1200. The summed E-state index contributed by atoms with van der Waals surface area (Å²) in [7, 11) is 3.70. The number of alkyl halides is 2. The summed E-state index contributed by atoms with van der Waals surface area (Å²) >= 11 is 0. The zero-order valence-electron chi connectivity index (χ0n) is 18.5. The number of likely N-dealkylation sites (tertiary alicyclic amines) is 1. The van der Waals surface area contributed by atoms with Gasteiger partial charge in [0.05, 0.1) is 12.6 Å². The summed E-state index contributed by atoms with van der Waals surface area (Å²) in [6.45, 7) is -1.19. The Morgan fingerprint density at radius 1 is 1.24 bits per heavy atom. The fourth-order valence-electron chi connectivity index (χ4n) is 3.51. The van der Waals surface area contributed by atoms with E-state index < -0.39 is 71.3 Å². The zero-order valence-corrected chi connectivity index (χ0v) is 18.5. The van der Waals surface area contributed by atoms with Gasteiger partial charge in [0.1, 0.15) is 11.6 Å². The van der Waals surface area contributed by atoms with E-state index in [4.69, 9.17) is 0 Å². The summed E-state index contributed by atoms with van der Waals surface area (Å²) in [4.78, 5) is 55.3. The second kappa shape index (κ2) is 9.15. The Balaban J connectivity index is 1.97. The van der Waals surface area contributed by atoms with Crippen LogP contribution >= 0.6 is 0 Å². The van der Waals surface area contributed by atoms with Gasteiger partial charge in [-0.15, -0.1) is 0 Å². The summed E-state index contributed by atoms with van der Waals surface area (Å²) < 4.78 is 42.3. The summed E-state index contributed by atoms with van der Waals surface area (Å²) in [6.07, 6.45) is -0.943. The molecule has 1 aromatic carbocycles. The fraction of sp³-hybridized carbons (Fsp3) is 0.381. The molecule has 3 rings (SSSR count). The van der Waals surface area contributed by atoms with Crippen molar-refractivity contribution in [2.45, 2.75) is 24.9 Å². The summed E-state index contributed by atoms with van der Waals surface area (Å²) in [5.74, 6) is -8.55. The maximum atomic E-state index is 14.3. The van der Waals surface area contributed by atoms with Crippen LogP contribution in [-0.4, -0.2) is 68.7 Å². The highest BCUT2D eigenvalue weighted by molar-refractivity contribution is 6.34. The number of carbonyl (C=O) groups excluding carboxylic acids is 3. The van der Waals surface area contributed by atoms with Crippen LogP contribution in [0.3, 0.4) is 0 Å². The summed E-state index contributed by atoms with van der Waals surface area (Å²) in [5, 5.41) is 12.6. The maximum absolute atomic E-state index is 14.3. The van der Waals surface area contributed by atoms with Crippen molar-refractivity contribution < 1.29 is 32.7 Å². The van der Waals surface area contributed by atoms with E-state index in [9.17, 15) is 37.5 Å². The quantitative estimate of drug-likeness (QED) is 0.615. The standard InChI is InChI=1S/C21H22F3N5O5/c1-27(2)19(33)20(34)29-10-21(23,24)8-13(29)16-26-14(15(30)18(32)28(16)3)17(31)25-9-11-4-6-12(22)7-5-11/h4-7,13,30H,8-10H2,1-3H3,(H,25,31). The molecule has 1 fully saturated rings. The van der Waals surface area contributed by atoms with Gasteiger partial charge in [0.25, 0.3) is 17.4 Å². The van der Waals surface area contributed by atoms with Crippen molar-refractivity contribution >= 4 is 17.7 Å². The predicted molar refractivity (Wildman–Crippen MR) is 111 cm³/mol. The van der Waals surface area contributed by atoms with E-state index in [0.29, 0.717) is 10.5 Å². The predicted octanol–water partition coefficient (Wildman–Crippen LogP) is 0.552. The van der Waals surface area contributed by atoms with E-state index in [0.717, 1.165) is 16.5 Å². The molecule has 1 aliphatic heterocycles. The van der Waals surface area contributed by atoms with Crippen molar-refractivity contribution in [2.75, 3.05) is 20.6 Å². The lowest BCUT2D eigenvalue weighted by Crippen LogP contribution is -2.44. The van der Waals surface area contributed by atoms with Crippen LogP contribution in [-0.2, 0) is 23.2 Å². The number of aromatic nitrogens is 2. The molecule has 0 radical (unpaired) electrons. The molecule has 2 N–H and O–H groups in total. The van der Waals surface area contributed by atoms with Crippen LogP contribution in [0.2, 0.25) is 0 Å². The molecule has 13 heteroatoms. The second-order valence-corrected chi connectivity index (χ2v) is 8.05. The number of nitrogens with one attached hydrogen (secondary N) is 1. The van der Waals surface area contributed by atoms with E-state index in [1.165, 1.54) is 38.4 Å². The average Bonchev–Trinajstić information content (AvgIpc) is 3.11. The van der Waals surface area contributed by atoms with Crippen LogP contribution in [0.4, 0.5) is 13.2 Å². The van der Waals surface area contributed by atoms with Gasteiger partial charge in [0.15, 0.2) is 5.69 Å². The van der Waals surface area contributed by atoms with Crippen molar-refractivity contribution in [1.82, 2.24) is 24.7 Å². The van der Waals surface area contributed by atoms with Crippen molar-refractivity contribution in [1.29, 1.82) is 0 Å². The number of nitrogens with zero attached hydrogens (tertiary/aromatic N) is 4. The number of hydrogen-bond donors (Lipinski definition) is 2. The van der Waals surface area contributed by atoms with Gasteiger partial charge in [0, 0.05) is 34.1 Å². The molecule has 0 saturated carbocycles. The highest BCUT2D eigenvalue weighted by atomic mass is 19.3. The lowest BCUT2D eigenvalue weighted by Gasteiger charge is -2.25. The summed E-state index contributed by atoms with van der Waals surface area (Å²) in [5.41, 5.74) is -1.33. The van der Waals surface area contributed by atoms with Crippen LogP contribution in [0.15, 0.2) is 29.1 Å². The van der Waals surface area contributed by atoms with Crippen molar-refractivity contribution in [3.63, 3.8) is 0 Å². The first-order chi connectivity index (χ1) is 15.8. The molecule has 0 bridgehead atoms. The zero-order chi connectivity index (χ0) is 25.4. The van der Waals surface area contributed by atoms with Crippen molar-refractivity contribution in [3.05, 3.63) is 57.5 Å². The van der Waals surface area contributed by atoms with Crippen molar-refractivity contribution in [3.8, 4) is 5.75 Å². The van der Waals surface area contributed by atoms with Crippen LogP contribution in [0.1, 0.15) is 34.3 Å². The minimum atomic E-state index is -3.38. The van der Waals surface area contributed by atoms with Gasteiger partial charge >= 0.3 is 11.8 Å². The van der Waals surface area contributed by atoms with E-state index in [1.807, 2.05) is 0 Å². The molecule has 10 nitrogen and oxygen atoms in total. The average molecular weight is 481 g/mol. The number of benzene rings is 1. The van der Waals surface area contributed by atoms with Crippen LogP contribution in [0.5, 0.6) is 5.75 Å². The molecule has 1 aromatic heterocycles. The Labute approximate surface area is 191 Å². The van der Waals surface area contributed by atoms with Gasteiger partial charge in [-0.25, -0.2) is 18.2 Å². The highest BCUT2D eigenvalue weighted by Gasteiger charge is 2.50. The first-order valence-electron chi connectivity index (χ1n) is 10.0. The van der Waals surface area contributed by atoms with Gasteiger partial charge in [0.2, 0.25) is 5.75 Å². The Morgan fingerprint density at radius 2 is 1.85 bits per heavy atom. The largest absolute Gasteiger partial charge is 0.501 e. The third-order valence-electron chi connectivity index (χ3n) is 5.30. The number of aromatic hydroxyl groups is 1.